The van der Waals surface area contributed by atoms with E-state index in [1.807, 2.05) is 30.3 Å². The van der Waals surface area contributed by atoms with E-state index in [0.29, 0.717) is 35.7 Å². The molecule has 0 radical (unpaired) electrons. The predicted molar refractivity (Wildman–Crippen MR) is 124 cm³/mol. The highest BCUT2D eigenvalue weighted by atomic mass is 16.5. The summed E-state index contributed by atoms with van der Waals surface area (Å²) >= 11 is 0. The molecule has 1 atom stereocenters. The van der Waals surface area contributed by atoms with Crippen molar-refractivity contribution in [2.45, 2.75) is 25.4 Å². The van der Waals surface area contributed by atoms with E-state index < -0.39 is 0 Å². The molecule has 1 aliphatic heterocycles. The first-order chi connectivity index (χ1) is 15.7. The lowest BCUT2D eigenvalue weighted by atomic mass is 10.1. The van der Waals surface area contributed by atoms with Crippen LogP contribution >= 0.6 is 0 Å². The molecule has 1 fully saturated rings. The maximum absolute atomic E-state index is 12.6. The third-order valence-electron chi connectivity index (χ3n) is 5.19. The normalized spacial score (nSPS) is 15.2. The predicted octanol–water partition coefficient (Wildman–Crippen LogP) is 4.68. The number of ether oxygens (including phenoxy) is 2. The van der Waals surface area contributed by atoms with Gasteiger partial charge < -0.3 is 20.1 Å². The van der Waals surface area contributed by atoms with Crippen LogP contribution in [0.4, 0.5) is 11.4 Å². The molecule has 0 aliphatic carbocycles. The second kappa shape index (κ2) is 10.6. The van der Waals surface area contributed by atoms with Crippen LogP contribution in [0.3, 0.4) is 0 Å². The quantitative estimate of drug-likeness (QED) is 0.544. The van der Waals surface area contributed by atoms with Crippen molar-refractivity contribution >= 4 is 23.2 Å². The first-order valence-corrected chi connectivity index (χ1v) is 10.8. The van der Waals surface area contributed by atoms with Crippen LogP contribution in [0.5, 0.6) is 5.75 Å². The minimum atomic E-state index is -0.233. The molecule has 1 aliphatic rings. The SMILES string of the molecule is O=C(Cc1ccccc1)Nc1cccc(NC(=O)c2ccc(OCC3CCCO3)cc2)c1. The molecule has 0 saturated carbocycles. The number of carbonyl (C=O) groups excluding carboxylic acids is 2. The number of hydrogen-bond acceptors (Lipinski definition) is 4. The molecule has 0 aromatic heterocycles. The molecular weight excluding hydrogens is 404 g/mol. The van der Waals surface area contributed by atoms with Crippen LogP contribution in [-0.2, 0) is 16.0 Å². The molecule has 32 heavy (non-hydrogen) atoms. The molecule has 1 heterocycles. The minimum Gasteiger partial charge on any atom is -0.491 e. The standard InChI is InChI=1S/C26H26N2O4/c29-25(16-19-6-2-1-3-7-19)27-21-8-4-9-22(17-21)28-26(30)20-11-13-23(14-12-20)32-18-24-10-5-15-31-24/h1-4,6-9,11-14,17,24H,5,10,15-16,18H2,(H,27,29)(H,28,30). The van der Waals surface area contributed by atoms with Gasteiger partial charge in [-0.15, -0.1) is 0 Å². The van der Waals surface area contributed by atoms with Crippen molar-refractivity contribution in [1.82, 2.24) is 0 Å². The summed E-state index contributed by atoms with van der Waals surface area (Å²) < 4.78 is 11.3. The van der Waals surface area contributed by atoms with Gasteiger partial charge in [-0.2, -0.15) is 0 Å². The Bertz CT molecular complexity index is 1040. The third kappa shape index (κ3) is 6.18. The van der Waals surface area contributed by atoms with E-state index in [-0.39, 0.29) is 17.9 Å². The summed E-state index contributed by atoms with van der Waals surface area (Å²) in [6.07, 6.45) is 2.54. The average Bonchev–Trinajstić information content (AvgIpc) is 3.32. The van der Waals surface area contributed by atoms with Gasteiger partial charge in [0, 0.05) is 23.5 Å². The molecule has 3 aromatic carbocycles. The van der Waals surface area contributed by atoms with E-state index in [9.17, 15) is 9.59 Å². The van der Waals surface area contributed by atoms with E-state index in [2.05, 4.69) is 10.6 Å². The largest absolute Gasteiger partial charge is 0.491 e. The molecule has 164 valence electrons. The van der Waals surface area contributed by atoms with Crippen LogP contribution in [0, 0.1) is 0 Å². The summed E-state index contributed by atoms with van der Waals surface area (Å²) in [4.78, 5) is 24.9. The lowest BCUT2D eigenvalue weighted by molar-refractivity contribution is -0.115. The molecular formula is C26H26N2O4. The van der Waals surface area contributed by atoms with E-state index in [1.54, 1.807) is 48.5 Å². The van der Waals surface area contributed by atoms with Gasteiger partial charge in [0.1, 0.15) is 12.4 Å². The summed E-state index contributed by atoms with van der Waals surface area (Å²) in [6, 6.07) is 23.7. The molecule has 3 aromatic rings. The Morgan fingerprint density at radius 1 is 0.906 bits per heavy atom. The van der Waals surface area contributed by atoms with E-state index >= 15 is 0 Å². The van der Waals surface area contributed by atoms with Crippen LogP contribution in [0.2, 0.25) is 0 Å². The third-order valence-corrected chi connectivity index (χ3v) is 5.19. The lowest BCUT2D eigenvalue weighted by Gasteiger charge is -2.12. The summed E-state index contributed by atoms with van der Waals surface area (Å²) in [5.74, 6) is 0.363. The summed E-state index contributed by atoms with van der Waals surface area (Å²) in [5.41, 5.74) is 2.69. The zero-order chi connectivity index (χ0) is 22.2. The molecule has 0 spiro atoms. The number of amides is 2. The van der Waals surface area contributed by atoms with E-state index in [0.717, 1.165) is 25.0 Å². The molecule has 4 rings (SSSR count). The Morgan fingerprint density at radius 2 is 1.66 bits per heavy atom. The number of rotatable bonds is 8. The smallest absolute Gasteiger partial charge is 0.255 e. The second-order valence-electron chi connectivity index (χ2n) is 7.72. The maximum atomic E-state index is 12.6. The molecule has 2 N–H and O–H groups in total. The molecule has 0 bridgehead atoms. The van der Waals surface area contributed by atoms with Crippen LogP contribution in [0.1, 0.15) is 28.8 Å². The molecule has 6 nitrogen and oxygen atoms in total. The van der Waals surface area contributed by atoms with Gasteiger partial charge in [-0.1, -0.05) is 36.4 Å². The fraction of sp³-hybridized carbons (Fsp3) is 0.231. The van der Waals surface area contributed by atoms with Gasteiger partial charge >= 0.3 is 0 Å². The van der Waals surface area contributed by atoms with E-state index in [1.165, 1.54) is 0 Å². The Kier molecular flexibility index (Phi) is 7.15. The lowest BCUT2D eigenvalue weighted by Crippen LogP contribution is -2.16. The zero-order valence-electron chi connectivity index (χ0n) is 17.8. The molecule has 2 amide bonds. The molecule has 6 heteroatoms. The monoisotopic (exact) mass is 430 g/mol. The van der Waals surface area contributed by atoms with Crippen molar-refractivity contribution in [3.8, 4) is 5.75 Å². The van der Waals surface area contributed by atoms with Crippen LogP contribution in [0.25, 0.3) is 0 Å². The number of benzene rings is 3. The highest BCUT2D eigenvalue weighted by Crippen LogP contribution is 2.19. The highest BCUT2D eigenvalue weighted by Gasteiger charge is 2.16. The maximum Gasteiger partial charge on any atom is 0.255 e. The van der Waals surface area contributed by atoms with Crippen molar-refractivity contribution in [3.63, 3.8) is 0 Å². The number of anilines is 2. The first kappa shape index (κ1) is 21.6. The van der Waals surface area contributed by atoms with Crippen LogP contribution in [-0.4, -0.2) is 31.1 Å². The van der Waals surface area contributed by atoms with E-state index in [4.69, 9.17) is 9.47 Å². The zero-order valence-corrected chi connectivity index (χ0v) is 17.8. The van der Waals surface area contributed by atoms with Crippen molar-refractivity contribution in [2.75, 3.05) is 23.8 Å². The van der Waals surface area contributed by atoms with Crippen molar-refractivity contribution < 1.29 is 19.1 Å². The van der Waals surface area contributed by atoms with Gasteiger partial charge in [0.2, 0.25) is 5.91 Å². The van der Waals surface area contributed by atoms with Crippen molar-refractivity contribution in [3.05, 3.63) is 90.0 Å². The van der Waals surface area contributed by atoms with Crippen molar-refractivity contribution in [1.29, 1.82) is 0 Å². The summed E-state index contributed by atoms with van der Waals surface area (Å²) in [6.45, 7) is 1.32. The molecule has 1 unspecified atom stereocenters. The highest BCUT2D eigenvalue weighted by molar-refractivity contribution is 6.04. The Morgan fingerprint density at radius 3 is 2.38 bits per heavy atom. The first-order valence-electron chi connectivity index (χ1n) is 10.8. The van der Waals surface area contributed by atoms with Gasteiger partial charge in [0.15, 0.2) is 0 Å². The Hall–Kier alpha value is -3.64. The number of hydrogen-bond donors (Lipinski definition) is 2. The van der Waals surface area contributed by atoms with Crippen LogP contribution < -0.4 is 15.4 Å². The second-order valence-corrected chi connectivity index (χ2v) is 7.72. The summed E-state index contributed by atoms with van der Waals surface area (Å²) in [5, 5.41) is 5.74. The van der Waals surface area contributed by atoms with Gasteiger partial charge in [-0.3, -0.25) is 9.59 Å². The van der Waals surface area contributed by atoms with Crippen LogP contribution in [0.15, 0.2) is 78.9 Å². The van der Waals surface area contributed by atoms with Crippen molar-refractivity contribution in [2.24, 2.45) is 0 Å². The number of nitrogens with one attached hydrogen (secondary N) is 2. The average molecular weight is 431 g/mol. The summed E-state index contributed by atoms with van der Waals surface area (Å²) in [7, 11) is 0. The Labute approximate surface area is 187 Å². The Balaban J connectivity index is 1.30. The van der Waals surface area contributed by atoms with Gasteiger partial charge in [-0.25, -0.2) is 0 Å². The fourth-order valence-electron chi connectivity index (χ4n) is 3.53. The van der Waals surface area contributed by atoms with Gasteiger partial charge in [0.25, 0.3) is 5.91 Å². The number of carbonyl (C=O) groups is 2. The minimum absolute atomic E-state index is 0.113. The molecule has 1 saturated heterocycles. The fourth-order valence-corrected chi connectivity index (χ4v) is 3.53. The van der Waals surface area contributed by atoms with Gasteiger partial charge in [-0.05, 0) is 60.9 Å². The topological polar surface area (TPSA) is 76.7 Å². The van der Waals surface area contributed by atoms with Gasteiger partial charge in [0.05, 0.1) is 12.5 Å².